The minimum absolute atomic E-state index is 0.271. The highest BCUT2D eigenvalue weighted by molar-refractivity contribution is 6.30. The van der Waals surface area contributed by atoms with Crippen molar-refractivity contribution in [2.24, 2.45) is 5.41 Å². The zero-order chi connectivity index (χ0) is 11.4. The summed E-state index contributed by atoms with van der Waals surface area (Å²) in [4.78, 5) is 0. The number of hydrogen-bond acceptors (Lipinski definition) is 2. The number of nitrogens with zero attached hydrogens (tertiary/aromatic N) is 1. The Morgan fingerprint density at radius 3 is 2.88 bits per heavy atom. The highest BCUT2D eigenvalue weighted by atomic mass is 35.5. The molecule has 0 bridgehead atoms. The van der Waals surface area contributed by atoms with Crippen LogP contribution in [0.1, 0.15) is 24.8 Å². The first-order chi connectivity index (χ1) is 7.74. The largest absolute Gasteiger partial charge is 0.312 e. The summed E-state index contributed by atoms with van der Waals surface area (Å²) in [5, 5.41) is 12.9. The van der Waals surface area contributed by atoms with Crippen molar-refractivity contribution < 1.29 is 0 Å². The van der Waals surface area contributed by atoms with Gasteiger partial charge < -0.3 is 5.32 Å². The van der Waals surface area contributed by atoms with Crippen molar-refractivity contribution in [3.63, 3.8) is 0 Å². The maximum Gasteiger partial charge on any atom is 0.0628 e. The van der Waals surface area contributed by atoms with E-state index in [1.54, 1.807) is 0 Å². The first-order valence-electron chi connectivity index (χ1n) is 5.56. The number of nitrogens with one attached hydrogen (secondary N) is 1. The van der Waals surface area contributed by atoms with Gasteiger partial charge >= 0.3 is 0 Å². The van der Waals surface area contributed by atoms with E-state index in [0.29, 0.717) is 6.42 Å². The minimum Gasteiger partial charge on any atom is -0.312 e. The molecular formula is C13H15ClN2. The van der Waals surface area contributed by atoms with Gasteiger partial charge in [-0.15, -0.1) is 0 Å². The molecule has 0 aromatic heterocycles. The molecule has 1 aromatic rings. The Balaban J connectivity index is 1.78. The molecule has 1 aromatic carbocycles. The molecule has 1 fully saturated rings. The van der Waals surface area contributed by atoms with Crippen LogP contribution in [0.15, 0.2) is 24.3 Å². The van der Waals surface area contributed by atoms with Crippen LogP contribution in [0.3, 0.4) is 0 Å². The van der Waals surface area contributed by atoms with E-state index < -0.39 is 0 Å². The molecule has 16 heavy (non-hydrogen) atoms. The van der Waals surface area contributed by atoms with Crippen LogP contribution in [0.2, 0.25) is 5.02 Å². The van der Waals surface area contributed by atoms with Gasteiger partial charge in [0.25, 0.3) is 0 Å². The molecule has 3 heteroatoms. The summed E-state index contributed by atoms with van der Waals surface area (Å²) in [7, 11) is 0. The molecule has 2 nitrogen and oxygen atoms in total. The summed E-state index contributed by atoms with van der Waals surface area (Å²) in [6, 6.07) is 10.1. The van der Waals surface area contributed by atoms with Gasteiger partial charge in [-0.05, 0) is 36.0 Å². The minimum atomic E-state index is 0.271. The van der Waals surface area contributed by atoms with Crippen LogP contribution < -0.4 is 5.32 Å². The second-order valence-electron chi connectivity index (χ2n) is 4.57. The third-order valence-corrected chi connectivity index (χ3v) is 3.36. The van der Waals surface area contributed by atoms with E-state index in [9.17, 15) is 0 Å². The summed E-state index contributed by atoms with van der Waals surface area (Å²) in [6.07, 6.45) is 3.04. The molecule has 1 N–H and O–H groups in total. The normalized spacial score (nSPS) is 16.8. The van der Waals surface area contributed by atoms with Crippen LogP contribution in [-0.2, 0) is 6.54 Å². The van der Waals surface area contributed by atoms with Crippen LogP contribution in [0, 0.1) is 16.7 Å². The van der Waals surface area contributed by atoms with Crippen LogP contribution in [0.25, 0.3) is 0 Å². The van der Waals surface area contributed by atoms with Gasteiger partial charge in [-0.25, -0.2) is 0 Å². The molecule has 1 saturated carbocycles. The van der Waals surface area contributed by atoms with E-state index in [2.05, 4.69) is 17.5 Å². The molecular weight excluding hydrogens is 220 g/mol. The molecule has 1 aliphatic rings. The van der Waals surface area contributed by atoms with Crippen LogP contribution in [-0.4, -0.2) is 6.54 Å². The fourth-order valence-electron chi connectivity index (χ4n) is 1.88. The van der Waals surface area contributed by atoms with E-state index in [-0.39, 0.29) is 5.41 Å². The molecule has 0 atom stereocenters. The van der Waals surface area contributed by atoms with Crippen molar-refractivity contribution in [3.8, 4) is 6.07 Å². The average Bonchev–Trinajstić information content (AvgIpc) is 2.99. The third-order valence-electron chi connectivity index (χ3n) is 3.13. The quantitative estimate of drug-likeness (QED) is 0.850. The summed E-state index contributed by atoms with van der Waals surface area (Å²) >= 11 is 5.90. The molecule has 84 valence electrons. The number of hydrogen-bond donors (Lipinski definition) is 1. The van der Waals surface area contributed by atoms with E-state index in [4.69, 9.17) is 16.9 Å². The summed E-state index contributed by atoms with van der Waals surface area (Å²) in [6.45, 7) is 1.76. The number of halogens is 1. The third kappa shape index (κ3) is 2.98. The Kier molecular flexibility index (Phi) is 3.48. The Labute approximate surface area is 101 Å². The molecule has 0 saturated heterocycles. The van der Waals surface area contributed by atoms with E-state index >= 15 is 0 Å². The van der Waals surface area contributed by atoms with Crippen LogP contribution in [0.4, 0.5) is 0 Å². The van der Waals surface area contributed by atoms with E-state index in [1.807, 2.05) is 18.2 Å². The molecule has 2 rings (SSSR count). The van der Waals surface area contributed by atoms with Crippen molar-refractivity contribution in [3.05, 3.63) is 34.9 Å². The second-order valence-corrected chi connectivity index (χ2v) is 5.00. The number of rotatable bonds is 5. The summed E-state index contributed by atoms with van der Waals surface area (Å²) < 4.78 is 0. The smallest absolute Gasteiger partial charge is 0.0628 e. The molecule has 0 heterocycles. The summed E-state index contributed by atoms with van der Waals surface area (Å²) in [5.74, 6) is 0. The predicted octanol–water partition coefficient (Wildman–Crippen LogP) is 3.12. The van der Waals surface area contributed by atoms with Crippen molar-refractivity contribution in [1.82, 2.24) is 5.32 Å². The van der Waals surface area contributed by atoms with Gasteiger partial charge in [0.1, 0.15) is 0 Å². The maximum absolute atomic E-state index is 8.70. The number of nitriles is 1. The van der Waals surface area contributed by atoms with E-state index in [1.165, 1.54) is 18.4 Å². The van der Waals surface area contributed by atoms with Crippen LogP contribution >= 0.6 is 11.6 Å². The Morgan fingerprint density at radius 2 is 2.25 bits per heavy atom. The number of benzene rings is 1. The second kappa shape index (κ2) is 4.86. The SMILES string of the molecule is N#CCC1(CNCc2cccc(Cl)c2)CC1. The van der Waals surface area contributed by atoms with Gasteiger partial charge in [0.15, 0.2) is 0 Å². The fourth-order valence-corrected chi connectivity index (χ4v) is 2.09. The van der Waals surface area contributed by atoms with E-state index in [0.717, 1.165) is 18.1 Å². The molecule has 0 radical (unpaired) electrons. The Morgan fingerprint density at radius 1 is 1.44 bits per heavy atom. The van der Waals surface area contributed by atoms with Gasteiger partial charge in [-0.1, -0.05) is 23.7 Å². The lowest BCUT2D eigenvalue weighted by molar-refractivity contribution is 0.466. The lowest BCUT2D eigenvalue weighted by Gasteiger charge is -2.12. The maximum atomic E-state index is 8.70. The fraction of sp³-hybridized carbons (Fsp3) is 0.462. The van der Waals surface area contributed by atoms with Gasteiger partial charge in [0.05, 0.1) is 6.07 Å². The summed E-state index contributed by atoms with van der Waals surface area (Å²) in [5.41, 5.74) is 1.47. The van der Waals surface area contributed by atoms with Crippen LogP contribution in [0.5, 0.6) is 0 Å². The zero-order valence-electron chi connectivity index (χ0n) is 9.17. The standard InChI is InChI=1S/C13H15ClN2/c14-12-3-1-2-11(8-12)9-16-10-13(4-5-13)6-7-15/h1-3,8,16H,4-6,9-10H2. The Hall–Kier alpha value is -1.04. The first-order valence-corrected chi connectivity index (χ1v) is 5.94. The first kappa shape index (κ1) is 11.4. The molecule has 0 aliphatic heterocycles. The monoisotopic (exact) mass is 234 g/mol. The lowest BCUT2D eigenvalue weighted by atomic mass is 10.0. The Bertz CT molecular complexity index is 405. The highest BCUT2D eigenvalue weighted by Crippen LogP contribution is 2.47. The van der Waals surface area contributed by atoms with Crippen molar-refractivity contribution in [1.29, 1.82) is 5.26 Å². The average molecular weight is 235 g/mol. The van der Waals surface area contributed by atoms with Crippen molar-refractivity contribution in [2.45, 2.75) is 25.8 Å². The van der Waals surface area contributed by atoms with Crippen molar-refractivity contribution in [2.75, 3.05) is 6.54 Å². The van der Waals surface area contributed by atoms with Gasteiger partial charge in [0, 0.05) is 24.5 Å². The highest BCUT2D eigenvalue weighted by Gasteiger charge is 2.41. The topological polar surface area (TPSA) is 35.8 Å². The molecule has 0 amide bonds. The van der Waals surface area contributed by atoms with Gasteiger partial charge in [-0.2, -0.15) is 5.26 Å². The van der Waals surface area contributed by atoms with Gasteiger partial charge in [0.2, 0.25) is 0 Å². The van der Waals surface area contributed by atoms with Crippen molar-refractivity contribution >= 4 is 11.6 Å². The predicted molar refractivity (Wildman–Crippen MR) is 65.1 cm³/mol. The molecule has 0 unspecified atom stereocenters. The molecule has 0 spiro atoms. The van der Waals surface area contributed by atoms with Gasteiger partial charge in [-0.3, -0.25) is 0 Å². The molecule has 1 aliphatic carbocycles. The lowest BCUT2D eigenvalue weighted by Crippen LogP contribution is -2.23. The zero-order valence-corrected chi connectivity index (χ0v) is 9.93.